The van der Waals surface area contributed by atoms with Gasteiger partial charge in [0.25, 0.3) is 0 Å². The quantitative estimate of drug-likeness (QED) is 0.166. The lowest BCUT2D eigenvalue weighted by molar-refractivity contribution is 0.669. The molecule has 0 aliphatic heterocycles. The fourth-order valence-corrected chi connectivity index (χ4v) is 11.1. The van der Waals surface area contributed by atoms with Crippen molar-refractivity contribution in [3.63, 3.8) is 0 Å². The zero-order chi connectivity index (χ0) is 41.9. The highest BCUT2D eigenvalue weighted by atomic mass is 16.3. The van der Waals surface area contributed by atoms with E-state index in [1.807, 2.05) is 12.1 Å². The molecule has 2 heterocycles. The summed E-state index contributed by atoms with van der Waals surface area (Å²) in [5.41, 5.74) is 16.0. The van der Waals surface area contributed by atoms with Crippen molar-refractivity contribution in [2.24, 2.45) is 0 Å². The van der Waals surface area contributed by atoms with Crippen LogP contribution in [0.4, 0.5) is 0 Å². The maximum absolute atomic E-state index is 6.63. The number of nitrogens with zero attached hydrogens (tertiary/aromatic N) is 3. The van der Waals surface area contributed by atoms with Crippen molar-refractivity contribution in [2.45, 2.75) is 5.41 Å². The Balaban J connectivity index is 1.03. The minimum atomic E-state index is -0.495. The van der Waals surface area contributed by atoms with E-state index in [2.05, 4.69) is 200 Å². The van der Waals surface area contributed by atoms with Gasteiger partial charge in [0.1, 0.15) is 11.2 Å². The van der Waals surface area contributed by atoms with Gasteiger partial charge in [0.05, 0.1) is 11.0 Å². The number of para-hydroxylation sites is 2. The summed E-state index contributed by atoms with van der Waals surface area (Å²) in [6, 6.07) is 76.1. The largest absolute Gasteiger partial charge is 0.455 e. The van der Waals surface area contributed by atoms with E-state index in [0.29, 0.717) is 17.5 Å². The van der Waals surface area contributed by atoms with Crippen LogP contribution in [0.1, 0.15) is 22.3 Å². The third-order valence-electron chi connectivity index (χ3n) is 13.7. The molecule has 0 saturated carbocycles. The summed E-state index contributed by atoms with van der Waals surface area (Å²) in [4.78, 5) is 16.3. The molecule has 12 aromatic rings. The minimum Gasteiger partial charge on any atom is -0.455 e. The van der Waals surface area contributed by atoms with Crippen LogP contribution in [0.2, 0.25) is 0 Å². The van der Waals surface area contributed by atoms with Crippen molar-refractivity contribution >= 4 is 43.5 Å². The molecule has 0 atom stereocenters. The van der Waals surface area contributed by atoms with E-state index in [4.69, 9.17) is 19.4 Å². The molecule has 14 rings (SSSR count). The molecule has 64 heavy (non-hydrogen) atoms. The average Bonchev–Trinajstić information content (AvgIpc) is 4.00. The Morgan fingerprint density at radius 1 is 0.328 bits per heavy atom. The lowest BCUT2D eigenvalue weighted by Crippen LogP contribution is -2.25. The van der Waals surface area contributed by atoms with Crippen LogP contribution < -0.4 is 0 Å². The summed E-state index contributed by atoms with van der Waals surface area (Å²) >= 11 is 0. The van der Waals surface area contributed by atoms with Gasteiger partial charge in [0, 0.05) is 21.9 Å². The second-order valence-electron chi connectivity index (χ2n) is 17.0. The van der Waals surface area contributed by atoms with Crippen LogP contribution in [-0.2, 0) is 5.41 Å². The highest BCUT2D eigenvalue weighted by Gasteiger charge is 2.52. The molecule has 2 aliphatic carbocycles. The fraction of sp³-hybridized carbons (Fsp3) is 0.0167. The number of hydrogen-bond acceptors (Lipinski definition) is 4. The molecule has 2 aromatic heterocycles. The van der Waals surface area contributed by atoms with E-state index in [0.717, 1.165) is 55.3 Å². The van der Waals surface area contributed by atoms with Crippen molar-refractivity contribution < 1.29 is 4.42 Å². The Morgan fingerprint density at radius 3 is 1.67 bits per heavy atom. The molecule has 0 unspecified atom stereocenters. The van der Waals surface area contributed by atoms with Crippen molar-refractivity contribution in [3.05, 3.63) is 235 Å². The number of aromatic nitrogens is 3. The van der Waals surface area contributed by atoms with Crippen LogP contribution >= 0.6 is 0 Å². The predicted molar refractivity (Wildman–Crippen MR) is 260 cm³/mol. The first-order chi connectivity index (χ1) is 31.7. The van der Waals surface area contributed by atoms with E-state index < -0.39 is 5.41 Å². The summed E-state index contributed by atoms with van der Waals surface area (Å²) in [7, 11) is 0. The second kappa shape index (κ2) is 13.3. The number of benzene rings is 10. The molecular weight excluding hydrogens is 779 g/mol. The van der Waals surface area contributed by atoms with Gasteiger partial charge in [-0.2, -0.15) is 0 Å². The van der Waals surface area contributed by atoms with Gasteiger partial charge in [-0.05, 0) is 95.4 Å². The third kappa shape index (κ3) is 4.79. The van der Waals surface area contributed by atoms with Gasteiger partial charge in [-0.3, -0.25) is 0 Å². The van der Waals surface area contributed by atoms with Gasteiger partial charge < -0.3 is 4.42 Å². The minimum absolute atomic E-state index is 0.495. The molecule has 2 aliphatic rings. The summed E-state index contributed by atoms with van der Waals surface area (Å²) in [5, 5.41) is 6.96. The van der Waals surface area contributed by atoms with E-state index in [-0.39, 0.29) is 0 Å². The number of fused-ring (bicyclic) bond motifs is 16. The molecule has 4 heteroatoms. The number of furan rings is 1. The van der Waals surface area contributed by atoms with E-state index in [9.17, 15) is 0 Å². The Bertz CT molecular complexity index is 3890. The van der Waals surface area contributed by atoms with Crippen LogP contribution in [0.15, 0.2) is 217 Å². The molecular formula is C60H35N3O. The van der Waals surface area contributed by atoms with Crippen LogP contribution in [0.3, 0.4) is 0 Å². The number of rotatable bonds is 4. The van der Waals surface area contributed by atoms with Gasteiger partial charge in [0.15, 0.2) is 17.5 Å². The zero-order valence-corrected chi connectivity index (χ0v) is 34.5. The predicted octanol–water partition coefficient (Wildman–Crippen LogP) is 15.1. The van der Waals surface area contributed by atoms with Gasteiger partial charge >= 0.3 is 0 Å². The van der Waals surface area contributed by atoms with Crippen LogP contribution in [0, 0.1) is 0 Å². The SMILES string of the molecule is c1cc(-c2nc(-c3cccc4c3-c3ccccc3C43c4ccccc4-c4ccccc43)nc(-c3cccc4c3oc3ccccc34)n2)cc(-c2cccc3ccc4ccccc4c23)c1. The molecule has 0 radical (unpaired) electrons. The standard InChI is InChI=1S/C60H35N3O/c1-2-19-40-36(15-1)33-34-37-16-12-24-41(54(37)40)38-17-11-18-39(35-38)57-61-58(63-59(62-57)48-27-13-25-45-44-22-6-10-32-53(44)64-56(45)48)47-26-14-31-52-55(47)46-23-5-9-30-51(46)60(52)49-28-7-3-20-42(49)43-21-4-8-29-50(43)60/h1-35H. The molecule has 0 N–H and O–H groups in total. The van der Waals surface area contributed by atoms with Crippen molar-refractivity contribution in [2.75, 3.05) is 0 Å². The van der Waals surface area contributed by atoms with Crippen LogP contribution in [0.5, 0.6) is 0 Å². The van der Waals surface area contributed by atoms with Crippen LogP contribution in [0.25, 0.3) is 111 Å². The summed E-state index contributed by atoms with van der Waals surface area (Å²) in [6.45, 7) is 0. The van der Waals surface area contributed by atoms with E-state index in [1.54, 1.807) is 0 Å². The van der Waals surface area contributed by atoms with Crippen molar-refractivity contribution in [3.8, 4) is 67.5 Å². The first-order valence-corrected chi connectivity index (χ1v) is 21.9. The first kappa shape index (κ1) is 35.2. The monoisotopic (exact) mass is 813 g/mol. The molecule has 1 spiro atoms. The molecule has 10 aromatic carbocycles. The highest BCUT2D eigenvalue weighted by Crippen LogP contribution is 2.63. The molecule has 0 saturated heterocycles. The maximum Gasteiger partial charge on any atom is 0.167 e. The molecule has 0 fully saturated rings. The van der Waals surface area contributed by atoms with E-state index in [1.165, 1.54) is 60.5 Å². The normalized spacial score (nSPS) is 13.1. The molecule has 296 valence electrons. The molecule has 0 amide bonds. The smallest absolute Gasteiger partial charge is 0.167 e. The summed E-state index contributed by atoms with van der Waals surface area (Å²) in [5.74, 6) is 1.76. The van der Waals surface area contributed by atoms with Crippen molar-refractivity contribution in [1.82, 2.24) is 15.0 Å². The lowest BCUT2D eigenvalue weighted by Gasteiger charge is -2.30. The highest BCUT2D eigenvalue weighted by molar-refractivity contribution is 6.14. The third-order valence-corrected chi connectivity index (χ3v) is 13.7. The topological polar surface area (TPSA) is 51.8 Å². The van der Waals surface area contributed by atoms with E-state index >= 15 is 0 Å². The van der Waals surface area contributed by atoms with Gasteiger partial charge in [-0.15, -0.1) is 0 Å². The maximum atomic E-state index is 6.63. The Morgan fingerprint density at radius 2 is 0.844 bits per heavy atom. The summed E-state index contributed by atoms with van der Waals surface area (Å²) < 4.78 is 6.63. The second-order valence-corrected chi connectivity index (χ2v) is 17.0. The van der Waals surface area contributed by atoms with Gasteiger partial charge in [0.2, 0.25) is 0 Å². The fourth-order valence-electron chi connectivity index (χ4n) is 11.1. The Labute approximate surface area is 368 Å². The van der Waals surface area contributed by atoms with Crippen molar-refractivity contribution in [1.29, 1.82) is 0 Å². The summed E-state index contributed by atoms with van der Waals surface area (Å²) in [6.07, 6.45) is 0. The first-order valence-electron chi connectivity index (χ1n) is 21.9. The lowest BCUT2D eigenvalue weighted by atomic mass is 9.70. The Hall–Kier alpha value is -8.47. The Kier molecular flexibility index (Phi) is 7.29. The molecule has 0 bridgehead atoms. The number of hydrogen-bond donors (Lipinski definition) is 0. The average molecular weight is 814 g/mol. The molecule has 4 nitrogen and oxygen atoms in total. The van der Waals surface area contributed by atoms with Gasteiger partial charge in [-0.1, -0.05) is 194 Å². The zero-order valence-electron chi connectivity index (χ0n) is 34.5. The van der Waals surface area contributed by atoms with Crippen LogP contribution in [-0.4, -0.2) is 15.0 Å². The van der Waals surface area contributed by atoms with Gasteiger partial charge in [-0.25, -0.2) is 15.0 Å².